The fourth-order valence-electron chi connectivity index (χ4n) is 5.20. The minimum Gasteiger partial charge on any atom is -0.354 e. The molecule has 3 aromatic carbocycles. The van der Waals surface area contributed by atoms with E-state index >= 15 is 0 Å². The van der Waals surface area contributed by atoms with E-state index in [1.165, 1.54) is 0 Å². The van der Waals surface area contributed by atoms with E-state index in [1.54, 1.807) is 0 Å². The molecule has 0 aromatic heterocycles. The summed E-state index contributed by atoms with van der Waals surface area (Å²) in [6.45, 7) is 6.30. The lowest BCUT2D eigenvalue weighted by molar-refractivity contribution is 0.153. The Morgan fingerprint density at radius 1 is 0.850 bits per heavy atom. The Morgan fingerprint density at radius 3 is 2.30 bits per heavy atom. The quantitative estimate of drug-likeness (QED) is 0.174. The number of nitrogens with one attached hydrogen (secondary N) is 1. The van der Waals surface area contributed by atoms with Gasteiger partial charge in [-0.05, 0) is 92.8 Å². The molecule has 0 atom stereocenters. The normalized spacial score (nSPS) is 15.2. The molecular weight excluding hydrogens is 539 g/mol. The zero-order chi connectivity index (χ0) is 27.5. The van der Waals surface area contributed by atoms with Crippen LogP contribution < -0.4 is 10.7 Å². The molecule has 1 aliphatic carbocycles. The summed E-state index contributed by atoms with van der Waals surface area (Å²) in [4.78, 5) is 15.1. The van der Waals surface area contributed by atoms with Crippen LogP contribution in [-0.2, 0) is 0 Å². The summed E-state index contributed by atoms with van der Waals surface area (Å²) >= 11 is 12.4. The van der Waals surface area contributed by atoms with Crippen molar-refractivity contribution in [2.75, 3.05) is 51.6 Å². The molecule has 0 saturated carbocycles. The van der Waals surface area contributed by atoms with Gasteiger partial charge in [0.2, 0.25) is 0 Å². The van der Waals surface area contributed by atoms with Crippen LogP contribution in [0.3, 0.4) is 0 Å². The molecule has 2 heterocycles. The highest BCUT2D eigenvalue weighted by molar-refractivity contribution is 6.30. The number of anilines is 2. The number of benzene rings is 4. The van der Waals surface area contributed by atoms with Gasteiger partial charge in [-0.1, -0.05) is 35.3 Å². The van der Waals surface area contributed by atoms with E-state index in [0.29, 0.717) is 10.0 Å². The van der Waals surface area contributed by atoms with Gasteiger partial charge in [0, 0.05) is 54.1 Å². The summed E-state index contributed by atoms with van der Waals surface area (Å²) in [5.41, 5.74) is 6.69. The second-order valence-corrected chi connectivity index (χ2v) is 11.2. The van der Waals surface area contributed by atoms with Gasteiger partial charge in [-0.25, -0.2) is 4.98 Å². The van der Waals surface area contributed by atoms with Crippen LogP contribution in [0, 0.1) is 0 Å². The van der Waals surface area contributed by atoms with Crippen molar-refractivity contribution < 1.29 is 0 Å². The molecule has 8 heteroatoms. The summed E-state index contributed by atoms with van der Waals surface area (Å²) < 4.78 is 2.24. The average Bonchev–Trinajstić information content (AvgIpc) is 2.97. The van der Waals surface area contributed by atoms with E-state index in [2.05, 4.69) is 44.9 Å². The molecule has 0 bridgehead atoms. The van der Waals surface area contributed by atoms with Crippen LogP contribution in [0.1, 0.15) is 6.42 Å². The van der Waals surface area contributed by atoms with Crippen molar-refractivity contribution in [3.8, 4) is 17.1 Å². The molecule has 3 aliphatic rings. The molecule has 0 unspecified atom stereocenters. The molecule has 2 aliphatic heterocycles. The van der Waals surface area contributed by atoms with Crippen molar-refractivity contribution in [2.45, 2.75) is 6.42 Å². The van der Waals surface area contributed by atoms with Crippen LogP contribution in [0.25, 0.3) is 28.1 Å². The third-order valence-electron chi connectivity index (χ3n) is 7.42. The summed E-state index contributed by atoms with van der Waals surface area (Å²) in [6, 6.07) is 28.1. The van der Waals surface area contributed by atoms with Gasteiger partial charge in [0.25, 0.3) is 0 Å². The maximum absolute atomic E-state index is 6.24. The number of halogens is 2. The third kappa shape index (κ3) is 6.01. The molecule has 40 heavy (non-hydrogen) atoms. The topological polar surface area (TPSA) is 48.7 Å². The number of aromatic nitrogens is 2. The Hall–Kier alpha value is -3.42. The van der Waals surface area contributed by atoms with Gasteiger partial charge in [0.15, 0.2) is 0 Å². The van der Waals surface area contributed by atoms with Crippen LogP contribution in [-0.4, -0.2) is 65.7 Å². The van der Waals surface area contributed by atoms with E-state index < -0.39 is 0 Å². The summed E-state index contributed by atoms with van der Waals surface area (Å²) in [5, 5.41) is 5.88. The maximum atomic E-state index is 6.24. The highest BCUT2D eigenvalue weighted by Crippen LogP contribution is 2.31. The first-order valence-electron chi connectivity index (χ1n) is 13.7. The predicted molar refractivity (Wildman–Crippen MR) is 166 cm³/mol. The summed E-state index contributed by atoms with van der Waals surface area (Å²) in [6.07, 6.45) is 1.01. The Balaban J connectivity index is 1.43. The first kappa shape index (κ1) is 26.8. The molecule has 6 nitrogen and oxygen atoms in total. The number of hydrogen-bond acceptors (Lipinski definition) is 5. The lowest BCUT2D eigenvalue weighted by Crippen LogP contribution is -2.44. The number of para-hydroxylation sites is 2. The van der Waals surface area contributed by atoms with Crippen molar-refractivity contribution in [3.63, 3.8) is 0 Å². The number of fused-ring (bicyclic) bond motifs is 2. The van der Waals surface area contributed by atoms with Gasteiger partial charge in [0.05, 0.1) is 33.5 Å². The molecule has 1 saturated heterocycles. The largest absolute Gasteiger partial charge is 0.354 e. The van der Waals surface area contributed by atoms with Gasteiger partial charge in [-0.2, -0.15) is 0 Å². The predicted octanol–water partition coefficient (Wildman–Crippen LogP) is 6.72. The Bertz CT molecular complexity index is 1640. The van der Waals surface area contributed by atoms with Crippen molar-refractivity contribution in [2.24, 2.45) is 4.99 Å². The molecular formula is C32H32Cl2N6. The molecule has 204 valence electrons. The second kappa shape index (κ2) is 12.0. The number of rotatable bonds is 7. The average molecular weight is 572 g/mol. The van der Waals surface area contributed by atoms with E-state index in [4.69, 9.17) is 33.2 Å². The fourth-order valence-corrected chi connectivity index (χ4v) is 5.45. The Kier molecular flexibility index (Phi) is 8.03. The molecule has 1 N–H and O–H groups in total. The van der Waals surface area contributed by atoms with Crippen molar-refractivity contribution in [3.05, 3.63) is 100 Å². The monoisotopic (exact) mass is 570 g/mol. The standard InChI is InChI=1S/C32H32Cl2N6/c1-38-17-19-39(20-18-38)16-4-15-35-28-22-32-30(21-29(28)36-25-11-7-23(33)8-12-25)37-27-5-2-3-6-31(27)40(32)26-13-9-24(34)10-14-26/h2-3,5-14,21-22,36H,4,15-20H2,1H3. The first-order chi connectivity index (χ1) is 19.5. The minimum atomic E-state index is 0.704. The number of hydrogen-bond donors (Lipinski definition) is 1. The summed E-state index contributed by atoms with van der Waals surface area (Å²) in [5.74, 6) is 0. The zero-order valence-corrected chi connectivity index (χ0v) is 24.0. The van der Waals surface area contributed by atoms with Crippen LogP contribution in [0.4, 0.5) is 11.4 Å². The molecule has 3 aromatic rings. The number of piperazine rings is 1. The maximum Gasteiger partial charge on any atom is 0.0900 e. The van der Waals surface area contributed by atoms with Crippen molar-refractivity contribution in [1.29, 1.82) is 0 Å². The summed E-state index contributed by atoms with van der Waals surface area (Å²) in [7, 11) is 2.19. The molecule has 0 amide bonds. The van der Waals surface area contributed by atoms with Gasteiger partial charge in [-0.3, -0.25) is 4.99 Å². The third-order valence-corrected chi connectivity index (χ3v) is 7.92. The zero-order valence-electron chi connectivity index (χ0n) is 22.5. The second-order valence-electron chi connectivity index (χ2n) is 10.3. The SMILES string of the molecule is CN1CCN(CCCN=c2cc3n(-c4ccc(Cl)cc4)c4ccccc4nc-3cc2Nc2ccc(Cl)cc2)CC1. The van der Waals surface area contributed by atoms with Gasteiger partial charge < -0.3 is 19.7 Å². The highest BCUT2D eigenvalue weighted by atomic mass is 35.5. The molecule has 0 radical (unpaired) electrons. The molecule has 1 fully saturated rings. The highest BCUT2D eigenvalue weighted by Gasteiger charge is 2.17. The van der Waals surface area contributed by atoms with Crippen molar-refractivity contribution >= 4 is 45.6 Å². The van der Waals surface area contributed by atoms with Crippen LogP contribution >= 0.6 is 23.2 Å². The van der Waals surface area contributed by atoms with Crippen LogP contribution in [0.2, 0.25) is 10.0 Å². The fraction of sp³-hybridized carbons (Fsp3) is 0.250. The smallest absolute Gasteiger partial charge is 0.0900 e. The lowest BCUT2D eigenvalue weighted by Gasteiger charge is -2.32. The van der Waals surface area contributed by atoms with E-state index in [9.17, 15) is 0 Å². The van der Waals surface area contributed by atoms with Gasteiger partial charge >= 0.3 is 0 Å². The first-order valence-corrected chi connectivity index (χ1v) is 14.4. The van der Waals surface area contributed by atoms with Crippen LogP contribution in [0.15, 0.2) is 89.9 Å². The van der Waals surface area contributed by atoms with Crippen LogP contribution in [0.5, 0.6) is 0 Å². The molecule has 6 rings (SSSR count). The Labute approximate surface area is 244 Å². The number of likely N-dealkylation sites (N-methyl/N-ethyl adjacent to an activating group) is 1. The van der Waals surface area contributed by atoms with Gasteiger partial charge in [0.1, 0.15) is 0 Å². The minimum absolute atomic E-state index is 0.704. The lowest BCUT2D eigenvalue weighted by atomic mass is 10.1. The molecule has 0 spiro atoms. The van der Waals surface area contributed by atoms with E-state index in [0.717, 1.165) is 90.5 Å². The van der Waals surface area contributed by atoms with Crippen molar-refractivity contribution in [1.82, 2.24) is 19.4 Å². The van der Waals surface area contributed by atoms with Gasteiger partial charge in [-0.15, -0.1) is 0 Å². The number of nitrogens with zero attached hydrogens (tertiary/aromatic N) is 5. The van der Waals surface area contributed by atoms with E-state index in [-0.39, 0.29) is 0 Å². The van der Waals surface area contributed by atoms with E-state index in [1.807, 2.05) is 66.7 Å². The Morgan fingerprint density at radius 2 is 1.55 bits per heavy atom.